The van der Waals surface area contributed by atoms with Crippen LogP contribution >= 0.6 is 11.3 Å². The molecule has 2 amide bonds. The van der Waals surface area contributed by atoms with E-state index in [0.29, 0.717) is 35.8 Å². The van der Waals surface area contributed by atoms with Crippen molar-refractivity contribution in [3.8, 4) is 21.8 Å². The predicted octanol–water partition coefficient (Wildman–Crippen LogP) is 3.69. The van der Waals surface area contributed by atoms with E-state index in [9.17, 15) is 9.59 Å². The van der Waals surface area contributed by atoms with Gasteiger partial charge in [0.2, 0.25) is 5.91 Å². The zero-order valence-corrected chi connectivity index (χ0v) is 24.2. The van der Waals surface area contributed by atoms with E-state index in [-0.39, 0.29) is 23.9 Å². The summed E-state index contributed by atoms with van der Waals surface area (Å²) in [4.78, 5) is 41.4. The number of rotatable bonds is 10. The molecule has 10 nitrogen and oxygen atoms in total. The molecular formula is C29H36N8O2S. The summed E-state index contributed by atoms with van der Waals surface area (Å²) in [6, 6.07) is 9.43. The van der Waals surface area contributed by atoms with E-state index in [1.165, 1.54) is 0 Å². The normalized spacial score (nSPS) is 16.0. The Morgan fingerprint density at radius 1 is 1.18 bits per heavy atom. The number of likely N-dealkylation sites (N-methyl/N-ethyl adjacent to an activating group) is 2. The summed E-state index contributed by atoms with van der Waals surface area (Å²) in [7, 11) is 1.65. The Kier molecular flexibility index (Phi) is 8.41. The minimum absolute atomic E-state index is 0.0537. The molecule has 1 aliphatic heterocycles. The average Bonchev–Trinajstić information content (AvgIpc) is 3.76. The lowest BCUT2D eigenvalue weighted by Crippen LogP contribution is -2.43. The first kappa shape index (κ1) is 27.7. The summed E-state index contributed by atoms with van der Waals surface area (Å²) in [5.74, 6) is 0.365. The van der Waals surface area contributed by atoms with Gasteiger partial charge in [-0.25, -0.2) is 14.5 Å². The third-order valence-corrected chi connectivity index (χ3v) is 8.47. The molecule has 1 saturated heterocycles. The van der Waals surface area contributed by atoms with Gasteiger partial charge < -0.3 is 15.5 Å². The van der Waals surface area contributed by atoms with Crippen molar-refractivity contribution in [2.45, 2.75) is 45.7 Å². The molecule has 40 heavy (non-hydrogen) atoms. The van der Waals surface area contributed by atoms with Crippen molar-refractivity contribution in [3.05, 3.63) is 53.7 Å². The molecule has 2 N–H and O–H groups in total. The van der Waals surface area contributed by atoms with Gasteiger partial charge in [0.15, 0.2) is 5.65 Å². The van der Waals surface area contributed by atoms with Crippen LogP contribution in [0.1, 0.15) is 44.0 Å². The topological polar surface area (TPSA) is 108 Å². The number of carbonyl (C=O) groups is 2. The van der Waals surface area contributed by atoms with Gasteiger partial charge in [-0.2, -0.15) is 5.10 Å². The largest absolute Gasteiger partial charge is 0.357 e. The molecule has 0 saturated carbocycles. The monoisotopic (exact) mass is 560 g/mol. The zero-order chi connectivity index (χ0) is 28.2. The van der Waals surface area contributed by atoms with E-state index < -0.39 is 0 Å². The predicted molar refractivity (Wildman–Crippen MR) is 159 cm³/mol. The first-order valence-corrected chi connectivity index (χ1v) is 14.7. The summed E-state index contributed by atoms with van der Waals surface area (Å²) < 4.78 is 1.72. The van der Waals surface area contributed by atoms with Crippen LogP contribution in [0.2, 0.25) is 0 Å². The molecule has 5 rings (SSSR count). The molecular weight excluding hydrogens is 524 g/mol. The third kappa shape index (κ3) is 5.57. The maximum Gasteiger partial charge on any atom is 0.251 e. The van der Waals surface area contributed by atoms with Crippen LogP contribution in [-0.4, -0.2) is 81.6 Å². The zero-order valence-electron chi connectivity index (χ0n) is 23.4. The number of hydrogen-bond donors (Lipinski definition) is 2. The van der Waals surface area contributed by atoms with Gasteiger partial charge in [-0.15, -0.1) is 11.3 Å². The quantitative estimate of drug-likeness (QED) is 0.305. The summed E-state index contributed by atoms with van der Waals surface area (Å²) in [6.07, 6.45) is 5.22. The molecule has 1 aliphatic rings. The Hall–Kier alpha value is -3.83. The average molecular weight is 561 g/mol. The van der Waals surface area contributed by atoms with E-state index in [0.717, 1.165) is 42.1 Å². The van der Waals surface area contributed by atoms with Crippen LogP contribution in [-0.2, 0) is 4.79 Å². The van der Waals surface area contributed by atoms with Crippen LogP contribution in [0, 0.1) is 0 Å². The van der Waals surface area contributed by atoms with E-state index in [1.807, 2.05) is 34.7 Å². The molecule has 0 aromatic carbocycles. The van der Waals surface area contributed by atoms with Crippen LogP contribution < -0.4 is 15.5 Å². The molecule has 4 aromatic rings. The number of amides is 2. The van der Waals surface area contributed by atoms with Crippen LogP contribution in [0.3, 0.4) is 0 Å². The van der Waals surface area contributed by atoms with Gasteiger partial charge in [0, 0.05) is 37.9 Å². The molecule has 0 bridgehead atoms. The third-order valence-electron chi connectivity index (χ3n) is 7.58. The first-order valence-electron chi connectivity index (χ1n) is 13.8. The van der Waals surface area contributed by atoms with Crippen LogP contribution in [0.5, 0.6) is 0 Å². The molecule has 1 unspecified atom stereocenters. The molecule has 0 spiro atoms. The number of pyridine rings is 1. The Morgan fingerprint density at radius 3 is 2.73 bits per heavy atom. The van der Waals surface area contributed by atoms with Crippen LogP contribution in [0.25, 0.3) is 27.5 Å². The first-order chi connectivity index (χ1) is 19.4. The Balaban J connectivity index is 1.55. The van der Waals surface area contributed by atoms with Gasteiger partial charge in [-0.3, -0.25) is 14.5 Å². The Bertz CT molecular complexity index is 1480. The van der Waals surface area contributed by atoms with E-state index in [4.69, 9.17) is 9.97 Å². The molecule has 11 heteroatoms. The van der Waals surface area contributed by atoms with Gasteiger partial charge in [-0.1, -0.05) is 19.9 Å². The SMILES string of the molecule is CCN(CC)C(C)CNC(=O)c1cc(-c2cnn3ccc(-c4cccs4)nc23)nc(N2CCC[C@H]2C(=O)NC)c1. The maximum absolute atomic E-state index is 13.5. The van der Waals surface area contributed by atoms with Crippen molar-refractivity contribution in [3.63, 3.8) is 0 Å². The van der Waals surface area contributed by atoms with Crippen molar-refractivity contribution in [2.75, 3.05) is 38.1 Å². The second-order valence-electron chi connectivity index (χ2n) is 9.96. The highest BCUT2D eigenvalue weighted by Gasteiger charge is 2.32. The highest BCUT2D eigenvalue weighted by atomic mass is 32.1. The van der Waals surface area contributed by atoms with Gasteiger partial charge in [-0.05, 0) is 62.5 Å². The Morgan fingerprint density at radius 2 is 2.00 bits per heavy atom. The number of aromatic nitrogens is 4. The summed E-state index contributed by atoms with van der Waals surface area (Å²) in [5, 5.41) is 12.4. The van der Waals surface area contributed by atoms with Crippen molar-refractivity contribution in [1.82, 2.24) is 35.1 Å². The van der Waals surface area contributed by atoms with E-state index >= 15 is 0 Å². The van der Waals surface area contributed by atoms with Crippen molar-refractivity contribution < 1.29 is 9.59 Å². The molecule has 0 aliphatic carbocycles. The fourth-order valence-corrected chi connectivity index (χ4v) is 6.04. The van der Waals surface area contributed by atoms with Gasteiger partial charge in [0.05, 0.1) is 28.0 Å². The molecule has 0 radical (unpaired) electrons. The number of nitrogens with zero attached hydrogens (tertiary/aromatic N) is 6. The summed E-state index contributed by atoms with van der Waals surface area (Å²) >= 11 is 1.62. The minimum Gasteiger partial charge on any atom is -0.357 e. The standard InChI is InChI=1S/C29H36N8O2S/c1-5-35(6-2)19(3)17-31-28(38)20-15-23(33-26(16-20)36-12-7-9-24(36)29(39)30-4)21-18-32-37-13-11-22(34-27(21)37)25-10-8-14-40-25/h8,10-11,13-16,18-19,24H,5-7,9,12,17H2,1-4H3,(H,30,39)(H,31,38)/t19?,24-/m0/s1. The van der Waals surface area contributed by atoms with Crippen LogP contribution in [0.4, 0.5) is 5.82 Å². The summed E-state index contributed by atoms with van der Waals surface area (Å²) in [5.41, 5.74) is 3.31. The van der Waals surface area contributed by atoms with Crippen molar-refractivity contribution in [1.29, 1.82) is 0 Å². The van der Waals surface area contributed by atoms with Gasteiger partial charge >= 0.3 is 0 Å². The number of nitrogens with one attached hydrogen (secondary N) is 2. The second-order valence-corrected chi connectivity index (χ2v) is 10.9. The molecule has 1 fully saturated rings. The van der Waals surface area contributed by atoms with E-state index in [1.54, 1.807) is 41.2 Å². The fourth-order valence-electron chi connectivity index (χ4n) is 5.34. The van der Waals surface area contributed by atoms with Crippen molar-refractivity contribution in [2.24, 2.45) is 0 Å². The maximum atomic E-state index is 13.5. The summed E-state index contributed by atoms with van der Waals surface area (Å²) in [6.45, 7) is 9.41. The molecule has 2 atom stereocenters. The number of carbonyl (C=O) groups excluding carboxylic acids is 2. The van der Waals surface area contributed by atoms with Crippen molar-refractivity contribution >= 4 is 34.6 Å². The number of hydrogen-bond acceptors (Lipinski definition) is 8. The highest BCUT2D eigenvalue weighted by molar-refractivity contribution is 7.13. The molecule has 4 aromatic heterocycles. The van der Waals surface area contributed by atoms with Crippen LogP contribution in [0.15, 0.2) is 48.1 Å². The minimum atomic E-state index is -0.334. The lowest BCUT2D eigenvalue weighted by atomic mass is 10.1. The smallest absolute Gasteiger partial charge is 0.251 e. The number of anilines is 1. The second kappa shape index (κ2) is 12.1. The lowest BCUT2D eigenvalue weighted by Gasteiger charge is -2.27. The fraction of sp³-hybridized carbons (Fsp3) is 0.414. The molecule has 5 heterocycles. The number of thiophene rings is 1. The number of fused-ring (bicyclic) bond motifs is 1. The van der Waals surface area contributed by atoms with E-state index in [2.05, 4.69) is 41.4 Å². The Labute approximate surface area is 238 Å². The highest BCUT2D eigenvalue weighted by Crippen LogP contribution is 2.31. The van der Waals surface area contributed by atoms with Gasteiger partial charge in [0.1, 0.15) is 11.9 Å². The van der Waals surface area contributed by atoms with Gasteiger partial charge in [0.25, 0.3) is 5.91 Å². The molecule has 210 valence electrons. The lowest BCUT2D eigenvalue weighted by molar-refractivity contribution is -0.121.